The summed E-state index contributed by atoms with van der Waals surface area (Å²) in [6.07, 6.45) is -1.64. The lowest BCUT2D eigenvalue weighted by atomic mass is 10.0. The third-order valence-corrected chi connectivity index (χ3v) is 4.87. The van der Waals surface area contributed by atoms with Gasteiger partial charge in [0.1, 0.15) is 29.4 Å². The van der Waals surface area contributed by atoms with Gasteiger partial charge in [-0.1, -0.05) is 12.1 Å². The number of aromatic hydroxyl groups is 1. The van der Waals surface area contributed by atoms with Gasteiger partial charge in [0.2, 0.25) is 6.29 Å². The molecular formula is C21H20O7. The number of benzene rings is 2. The lowest BCUT2D eigenvalue weighted by molar-refractivity contribution is -0.216. The zero-order valence-corrected chi connectivity index (χ0v) is 15.1. The van der Waals surface area contributed by atoms with Crippen LogP contribution in [0.15, 0.2) is 57.9 Å². The summed E-state index contributed by atoms with van der Waals surface area (Å²) in [6, 6.07) is 11.1. The zero-order chi connectivity index (χ0) is 19.8. The molecule has 3 N–H and O–H groups in total. The van der Waals surface area contributed by atoms with E-state index in [9.17, 15) is 20.1 Å². The fourth-order valence-electron chi connectivity index (χ4n) is 3.27. The zero-order valence-electron chi connectivity index (χ0n) is 15.1. The quantitative estimate of drug-likeness (QED) is 0.636. The first kappa shape index (κ1) is 18.5. The Balaban J connectivity index is 1.61. The standard InChI is InChI=1S/C21H20O7/c1-11-20(24)17(23)9-19(27-11)28-14-6-7-15-18(8-14)26-10-16(21(15)25)12-2-4-13(22)5-3-12/h2-8,10-11,17,19-20,22-24H,9H2,1H3. The Morgan fingerprint density at radius 1 is 1.11 bits per heavy atom. The maximum Gasteiger partial charge on any atom is 0.202 e. The Morgan fingerprint density at radius 3 is 2.57 bits per heavy atom. The Kier molecular flexibility index (Phi) is 4.80. The van der Waals surface area contributed by atoms with Crippen LogP contribution in [0.5, 0.6) is 11.5 Å². The molecule has 0 amide bonds. The lowest BCUT2D eigenvalue weighted by Gasteiger charge is -2.35. The number of rotatable bonds is 3. The van der Waals surface area contributed by atoms with Crippen LogP contribution in [0.2, 0.25) is 0 Å². The molecule has 28 heavy (non-hydrogen) atoms. The van der Waals surface area contributed by atoms with Gasteiger partial charge in [0, 0.05) is 12.5 Å². The van der Waals surface area contributed by atoms with Gasteiger partial charge in [-0.2, -0.15) is 0 Å². The van der Waals surface area contributed by atoms with E-state index in [2.05, 4.69) is 0 Å². The van der Waals surface area contributed by atoms with Crippen molar-refractivity contribution in [3.05, 3.63) is 59.0 Å². The fraction of sp³-hybridized carbons (Fsp3) is 0.286. The Hall–Kier alpha value is -2.87. The topological polar surface area (TPSA) is 109 Å². The number of phenolic OH excluding ortho intramolecular Hbond substituents is 1. The molecule has 0 bridgehead atoms. The van der Waals surface area contributed by atoms with Gasteiger partial charge in [-0.05, 0) is 36.8 Å². The van der Waals surface area contributed by atoms with E-state index in [1.165, 1.54) is 18.4 Å². The molecule has 2 aromatic carbocycles. The molecular weight excluding hydrogens is 364 g/mol. The van der Waals surface area contributed by atoms with Crippen molar-refractivity contribution in [2.45, 2.75) is 37.9 Å². The van der Waals surface area contributed by atoms with Gasteiger partial charge in [-0.15, -0.1) is 0 Å². The molecule has 7 heteroatoms. The number of hydrogen-bond donors (Lipinski definition) is 3. The predicted molar refractivity (Wildman–Crippen MR) is 101 cm³/mol. The van der Waals surface area contributed by atoms with Crippen molar-refractivity contribution in [2.75, 3.05) is 0 Å². The summed E-state index contributed by atoms with van der Waals surface area (Å²) in [5, 5.41) is 29.4. The summed E-state index contributed by atoms with van der Waals surface area (Å²) >= 11 is 0. The highest BCUT2D eigenvalue weighted by molar-refractivity contribution is 5.82. The van der Waals surface area contributed by atoms with Crippen LogP contribution in [-0.4, -0.2) is 39.9 Å². The first-order valence-electron chi connectivity index (χ1n) is 8.95. The van der Waals surface area contributed by atoms with E-state index < -0.39 is 24.6 Å². The van der Waals surface area contributed by atoms with Gasteiger partial charge in [0.25, 0.3) is 0 Å². The summed E-state index contributed by atoms with van der Waals surface area (Å²) in [5.74, 6) is 0.543. The molecule has 0 radical (unpaired) electrons. The smallest absolute Gasteiger partial charge is 0.202 e. The summed E-state index contributed by atoms with van der Waals surface area (Å²) in [5.41, 5.74) is 1.20. The van der Waals surface area contributed by atoms with Crippen LogP contribution in [0.25, 0.3) is 22.1 Å². The summed E-state index contributed by atoms with van der Waals surface area (Å²) in [6.45, 7) is 1.66. The van der Waals surface area contributed by atoms with E-state index in [-0.39, 0.29) is 17.6 Å². The maximum atomic E-state index is 12.8. The molecule has 4 rings (SSSR count). The van der Waals surface area contributed by atoms with Crippen molar-refractivity contribution in [3.8, 4) is 22.6 Å². The van der Waals surface area contributed by atoms with Crippen molar-refractivity contribution >= 4 is 11.0 Å². The number of aliphatic hydroxyl groups excluding tert-OH is 2. The molecule has 146 valence electrons. The van der Waals surface area contributed by atoms with Gasteiger partial charge in [-0.25, -0.2) is 0 Å². The van der Waals surface area contributed by atoms with Crippen LogP contribution in [0.4, 0.5) is 0 Å². The molecule has 1 fully saturated rings. The van der Waals surface area contributed by atoms with Crippen LogP contribution >= 0.6 is 0 Å². The largest absolute Gasteiger partial charge is 0.508 e. The molecule has 1 aliphatic rings. The van der Waals surface area contributed by atoms with Gasteiger partial charge in [0.05, 0.1) is 23.2 Å². The van der Waals surface area contributed by atoms with E-state index in [0.29, 0.717) is 27.8 Å². The second kappa shape index (κ2) is 7.27. The van der Waals surface area contributed by atoms with Gasteiger partial charge in [0.15, 0.2) is 5.43 Å². The number of phenols is 1. The Morgan fingerprint density at radius 2 is 1.86 bits per heavy atom. The van der Waals surface area contributed by atoms with Crippen LogP contribution < -0.4 is 10.2 Å². The molecule has 3 aromatic rings. The SMILES string of the molecule is CC1OC(Oc2ccc3c(=O)c(-c4ccc(O)cc4)coc3c2)CC(O)C1O. The molecule has 1 aromatic heterocycles. The highest BCUT2D eigenvalue weighted by atomic mass is 16.7. The molecule has 0 saturated carbocycles. The number of ether oxygens (including phenoxy) is 2. The monoisotopic (exact) mass is 384 g/mol. The summed E-state index contributed by atoms with van der Waals surface area (Å²) < 4.78 is 16.9. The van der Waals surface area contributed by atoms with E-state index in [0.717, 1.165) is 0 Å². The third kappa shape index (κ3) is 3.47. The molecule has 1 aliphatic heterocycles. The minimum Gasteiger partial charge on any atom is -0.508 e. The Bertz CT molecular complexity index is 1030. The minimum absolute atomic E-state index is 0.118. The van der Waals surface area contributed by atoms with E-state index in [4.69, 9.17) is 13.9 Å². The van der Waals surface area contributed by atoms with Crippen molar-refractivity contribution in [3.63, 3.8) is 0 Å². The van der Waals surface area contributed by atoms with E-state index in [1.807, 2.05) is 0 Å². The minimum atomic E-state index is -0.951. The van der Waals surface area contributed by atoms with Crippen LogP contribution in [0.3, 0.4) is 0 Å². The molecule has 1 saturated heterocycles. The highest BCUT2D eigenvalue weighted by Crippen LogP contribution is 2.27. The number of aliphatic hydroxyl groups is 2. The van der Waals surface area contributed by atoms with Gasteiger partial charge >= 0.3 is 0 Å². The molecule has 0 aliphatic carbocycles. The van der Waals surface area contributed by atoms with Crippen molar-refractivity contribution in [2.24, 2.45) is 0 Å². The summed E-state index contributed by atoms with van der Waals surface area (Å²) in [7, 11) is 0. The maximum absolute atomic E-state index is 12.8. The lowest BCUT2D eigenvalue weighted by Crippen LogP contribution is -2.48. The number of fused-ring (bicyclic) bond motifs is 1. The molecule has 4 atom stereocenters. The average molecular weight is 384 g/mol. The van der Waals surface area contributed by atoms with Crippen LogP contribution in [0, 0.1) is 0 Å². The second-order valence-electron chi connectivity index (χ2n) is 6.87. The van der Waals surface area contributed by atoms with Crippen LogP contribution in [-0.2, 0) is 4.74 Å². The van der Waals surface area contributed by atoms with E-state index >= 15 is 0 Å². The highest BCUT2D eigenvalue weighted by Gasteiger charge is 2.35. The first-order valence-corrected chi connectivity index (χ1v) is 8.95. The third-order valence-electron chi connectivity index (χ3n) is 4.87. The van der Waals surface area contributed by atoms with Crippen LogP contribution in [0.1, 0.15) is 13.3 Å². The van der Waals surface area contributed by atoms with Gasteiger partial charge in [-0.3, -0.25) is 4.79 Å². The molecule has 7 nitrogen and oxygen atoms in total. The summed E-state index contributed by atoms with van der Waals surface area (Å²) in [4.78, 5) is 12.8. The van der Waals surface area contributed by atoms with Gasteiger partial charge < -0.3 is 29.2 Å². The van der Waals surface area contributed by atoms with E-state index in [1.54, 1.807) is 37.3 Å². The number of hydrogen-bond acceptors (Lipinski definition) is 7. The molecule has 0 spiro atoms. The van der Waals surface area contributed by atoms with Crippen molar-refractivity contribution < 1.29 is 29.2 Å². The Labute approximate surface area is 160 Å². The molecule has 2 heterocycles. The average Bonchev–Trinajstić information content (AvgIpc) is 2.67. The second-order valence-corrected chi connectivity index (χ2v) is 6.87. The first-order chi connectivity index (χ1) is 13.4. The fourth-order valence-corrected chi connectivity index (χ4v) is 3.27. The van der Waals surface area contributed by atoms with Crippen molar-refractivity contribution in [1.29, 1.82) is 0 Å². The van der Waals surface area contributed by atoms with Crippen molar-refractivity contribution in [1.82, 2.24) is 0 Å². The molecule has 4 unspecified atom stereocenters. The predicted octanol–water partition coefficient (Wildman–Crippen LogP) is 2.40. The normalized spacial score (nSPS) is 25.0.